The van der Waals surface area contributed by atoms with Crippen molar-refractivity contribution in [1.29, 1.82) is 0 Å². The van der Waals surface area contributed by atoms with E-state index in [0.717, 1.165) is 0 Å². The molecular weight excluding hydrogens is 250 g/mol. The second-order valence-corrected chi connectivity index (χ2v) is 4.67. The molecule has 0 saturated carbocycles. The largest absolute Gasteiger partial charge is 0.480 e. The summed E-state index contributed by atoms with van der Waals surface area (Å²) in [6.07, 6.45) is 1.47. The topological polar surface area (TPSA) is 105 Å². The van der Waals surface area contributed by atoms with E-state index in [4.69, 9.17) is 9.63 Å². The average Bonchev–Trinajstić information content (AvgIpc) is 2.72. The lowest BCUT2D eigenvalue weighted by Gasteiger charge is -2.25. The molecule has 7 heteroatoms. The first-order chi connectivity index (χ1) is 8.87. The van der Waals surface area contributed by atoms with Crippen LogP contribution in [0.15, 0.2) is 4.52 Å². The molecule has 0 saturated heterocycles. The van der Waals surface area contributed by atoms with Crippen molar-refractivity contribution in [1.82, 2.24) is 15.5 Å². The van der Waals surface area contributed by atoms with E-state index in [9.17, 15) is 9.59 Å². The number of aromatic nitrogens is 2. The summed E-state index contributed by atoms with van der Waals surface area (Å²) in [6.45, 7) is 5.07. The van der Waals surface area contributed by atoms with Gasteiger partial charge in [0.25, 0.3) is 0 Å². The van der Waals surface area contributed by atoms with Gasteiger partial charge in [-0.25, -0.2) is 4.79 Å². The van der Waals surface area contributed by atoms with Gasteiger partial charge in [0.1, 0.15) is 5.54 Å². The molecule has 19 heavy (non-hydrogen) atoms. The number of carbonyl (C=O) groups excluding carboxylic acids is 1. The summed E-state index contributed by atoms with van der Waals surface area (Å²) in [7, 11) is 0. The molecule has 1 rings (SSSR count). The molecule has 1 atom stereocenters. The first kappa shape index (κ1) is 15.1. The van der Waals surface area contributed by atoms with Crippen LogP contribution in [-0.4, -0.2) is 32.7 Å². The van der Waals surface area contributed by atoms with Crippen LogP contribution in [0.5, 0.6) is 0 Å². The van der Waals surface area contributed by atoms with Crippen molar-refractivity contribution in [3.63, 3.8) is 0 Å². The Kier molecular flexibility index (Phi) is 5.02. The Morgan fingerprint density at radius 3 is 2.63 bits per heavy atom. The van der Waals surface area contributed by atoms with Crippen molar-refractivity contribution >= 4 is 11.9 Å². The van der Waals surface area contributed by atoms with Crippen LogP contribution in [0.25, 0.3) is 0 Å². The first-order valence-corrected chi connectivity index (χ1v) is 6.21. The van der Waals surface area contributed by atoms with Crippen LogP contribution < -0.4 is 5.32 Å². The van der Waals surface area contributed by atoms with Crippen LogP contribution in [-0.2, 0) is 16.0 Å². The maximum absolute atomic E-state index is 11.8. The Balaban J connectivity index is 2.51. The number of hydrogen-bond donors (Lipinski definition) is 2. The number of carbonyl (C=O) groups is 2. The van der Waals surface area contributed by atoms with E-state index in [1.54, 1.807) is 6.92 Å². The molecule has 0 aliphatic heterocycles. The van der Waals surface area contributed by atoms with Crippen molar-refractivity contribution < 1.29 is 19.2 Å². The quantitative estimate of drug-likeness (QED) is 0.767. The van der Waals surface area contributed by atoms with Crippen LogP contribution in [0.4, 0.5) is 0 Å². The number of carboxylic acids is 1. The molecule has 1 unspecified atom stereocenters. The Bertz CT molecular complexity index is 458. The fourth-order valence-electron chi connectivity index (χ4n) is 1.76. The molecule has 0 bridgehead atoms. The molecule has 106 valence electrons. The zero-order valence-corrected chi connectivity index (χ0v) is 11.4. The van der Waals surface area contributed by atoms with E-state index >= 15 is 0 Å². The smallest absolute Gasteiger partial charge is 0.329 e. The van der Waals surface area contributed by atoms with Gasteiger partial charge < -0.3 is 14.9 Å². The maximum Gasteiger partial charge on any atom is 0.329 e. The molecule has 0 aliphatic rings. The van der Waals surface area contributed by atoms with E-state index in [-0.39, 0.29) is 12.3 Å². The molecule has 1 aromatic heterocycles. The van der Waals surface area contributed by atoms with Crippen molar-refractivity contribution in [2.75, 3.05) is 0 Å². The molecule has 7 nitrogen and oxygen atoms in total. The molecule has 2 N–H and O–H groups in total. The van der Waals surface area contributed by atoms with E-state index in [1.807, 2.05) is 6.92 Å². The minimum atomic E-state index is -1.23. The summed E-state index contributed by atoms with van der Waals surface area (Å²) in [6, 6.07) is 0. The van der Waals surface area contributed by atoms with Gasteiger partial charge in [0.2, 0.25) is 11.8 Å². The summed E-state index contributed by atoms with van der Waals surface area (Å²) in [5.74, 6) is -0.484. The zero-order chi connectivity index (χ0) is 14.5. The fraction of sp³-hybridized carbons (Fsp3) is 0.667. The van der Waals surface area contributed by atoms with Gasteiger partial charge in [-0.05, 0) is 20.3 Å². The van der Waals surface area contributed by atoms with Crippen LogP contribution in [0.3, 0.4) is 0 Å². The van der Waals surface area contributed by atoms with E-state index < -0.39 is 11.5 Å². The SMILES string of the molecule is CCCC(C)(NC(=O)CCc1nc(C)no1)C(=O)O. The highest BCUT2D eigenvalue weighted by Crippen LogP contribution is 2.13. The minimum Gasteiger partial charge on any atom is -0.480 e. The van der Waals surface area contributed by atoms with Gasteiger partial charge in [-0.2, -0.15) is 4.98 Å². The molecular formula is C12H19N3O4. The Labute approximate surface area is 111 Å². The Hall–Kier alpha value is -1.92. The van der Waals surface area contributed by atoms with E-state index in [1.165, 1.54) is 6.92 Å². The molecule has 1 amide bonds. The van der Waals surface area contributed by atoms with Crippen molar-refractivity contribution in [3.8, 4) is 0 Å². The molecule has 0 spiro atoms. The lowest BCUT2D eigenvalue weighted by molar-refractivity contribution is -0.147. The minimum absolute atomic E-state index is 0.119. The second kappa shape index (κ2) is 6.31. The van der Waals surface area contributed by atoms with Gasteiger partial charge in [0.05, 0.1) is 0 Å². The maximum atomic E-state index is 11.8. The fourth-order valence-corrected chi connectivity index (χ4v) is 1.76. The summed E-state index contributed by atoms with van der Waals surface area (Å²) in [4.78, 5) is 26.9. The number of nitrogens with one attached hydrogen (secondary N) is 1. The van der Waals surface area contributed by atoms with Gasteiger partial charge in [-0.3, -0.25) is 4.79 Å². The normalized spacial score (nSPS) is 13.8. The van der Waals surface area contributed by atoms with Gasteiger partial charge in [-0.15, -0.1) is 0 Å². The number of rotatable bonds is 7. The third kappa shape index (κ3) is 4.35. The van der Waals surface area contributed by atoms with Crippen molar-refractivity contribution in [3.05, 3.63) is 11.7 Å². The number of hydrogen-bond acceptors (Lipinski definition) is 5. The predicted octanol–water partition coefficient (Wildman–Crippen LogP) is 1.07. The highest BCUT2D eigenvalue weighted by Gasteiger charge is 2.33. The molecule has 0 aromatic carbocycles. The van der Waals surface area contributed by atoms with Crippen LogP contribution in [0.2, 0.25) is 0 Å². The number of aryl methyl sites for hydroxylation is 2. The first-order valence-electron chi connectivity index (χ1n) is 6.21. The van der Waals surface area contributed by atoms with Gasteiger partial charge in [-0.1, -0.05) is 18.5 Å². The van der Waals surface area contributed by atoms with Gasteiger partial charge in [0, 0.05) is 12.8 Å². The van der Waals surface area contributed by atoms with Crippen LogP contribution >= 0.6 is 0 Å². The summed E-state index contributed by atoms with van der Waals surface area (Å²) < 4.78 is 4.88. The number of nitrogens with zero attached hydrogens (tertiary/aromatic N) is 2. The lowest BCUT2D eigenvalue weighted by Crippen LogP contribution is -2.52. The van der Waals surface area contributed by atoms with E-state index in [0.29, 0.717) is 31.0 Å². The van der Waals surface area contributed by atoms with Crippen LogP contribution in [0, 0.1) is 6.92 Å². The van der Waals surface area contributed by atoms with Crippen molar-refractivity contribution in [2.24, 2.45) is 0 Å². The second-order valence-electron chi connectivity index (χ2n) is 4.67. The van der Waals surface area contributed by atoms with Gasteiger partial charge in [0.15, 0.2) is 5.82 Å². The van der Waals surface area contributed by atoms with E-state index in [2.05, 4.69) is 15.5 Å². The summed E-state index contributed by atoms with van der Waals surface area (Å²) in [5.41, 5.74) is -1.23. The third-order valence-electron chi connectivity index (χ3n) is 2.77. The number of aliphatic carboxylic acids is 1. The number of amides is 1. The zero-order valence-electron chi connectivity index (χ0n) is 11.4. The number of carboxylic acid groups (broad SMARTS) is 1. The Morgan fingerprint density at radius 1 is 1.47 bits per heavy atom. The third-order valence-corrected chi connectivity index (χ3v) is 2.77. The lowest BCUT2D eigenvalue weighted by atomic mass is 9.96. The summed E-state index contributed by atoms with van der Waals surface area (Å²) >= 11 is 0. The highest BCUT2D eigenvalue weighted by atomic mass is 16.5. The van der Waals surface area contributed by atoms with Crippen LogP contribution in [0.1, 0.15) is 44.8 Å². The van der Waals surface area contributed by atoms with Gasteiger partial charge >= 0.3 is 5.97 Å². The highest BCUT2D eigenvalue weighted by molar-refractivity contribution is 5.86. The summed E-state index contributed by atoms with van der Waals surface area (Å²) in [5, 5.41) is 15.3. The standard InChI is InChI=1S/C12H19N3O4/c1-4-7-12(3,11(17)18)14-9(16)5-6-10-13-8(2)15-19-10/h4-7H2,1-3H3,(H,14,16)(H,17,18). The Morgan fingerprint density at radius 2 is 2.16 bits per heavy atom. The average molecular weight is 269 g/mol. The monoisotopic (exact) mass is 269 g/mol. The molecule has 0 fully saturated rings. The molecule has 1 heterocycles. The molecule has 0 aliphatic carbocycles. The van der Waals surface area contributed by atoms with Crippen molar-refractivity contribution in [2.45, 2.75) is 52.0 Å². The predicted molar refractivity (Wildman–Crippen MR) is 66.4 cm³/mol. The molecule has 0 radical (unpaired) electrons. The molecule has 1 aromatic rings.